The number of rotatable bonds is 13. The van der Waals surface area contributed by atoms with Gasteiger partial charge in [-0.3, -0.25) is 4.79 Å². The highest BCUT2D eigenvalue weighted by Crippen LogP contribution is 2.39. The molecule has 1 atom stereocenters. The molecule has 0 aromatic heterocycles. The van der Waals surface area contributed by atoms with Crippen molar-refractivity contribution in [1.29, 1.82) is 0 Å². The van der Waals surface area contributed by atoms with Gasteiger partial charge < -0.3 is 20.1 Å². The van der Waals surface area contributed by atoms with Gasteiger partial charge >= 0.3 is 5.97 Å². The first-order valence-electron chi connectivity index (χ1n) is 15.5. The van der Waals surface area contributed by atoms with Gasteiger partial charge in [-0.1, -0.05) is 115 Å². The zero-order valence-electron chi connectivity index (χ0n) is 26.2. The predicted octanol–water partition coefficient (Wildman–Crippen LogP) is 7.67. The Kier molecular flexibility index (Phi) is 11.4. The van der Waals surface area contributed by atoms with Crippen LogP contribution < -0.4 is 10.6 Å². The fraction of sp³-hybridized carbons (Fsp3) is 0.231. The average molecular weight is 635 g/mol. The first-order chi connectivity index (χ1) is 22.4. The number of amides is 1. The second kappa shape index (κ2) is 16.1. The van der Waals surface area contributed by atoms with Gasteiger partial charge in [0.15, 0.2) is 0 Å². The average Bonchev–Trinajstić information content (AvgIpc) is 3.07. The molecule has 236 valence electrons. The van der Waals surface area contributed by atoms with Gasteiger partial charge in [-0.15, -0.1) is 0 Å². The standard InChI is InChI=1S/C39H39ClN2O4/c1-27-35(38(43)41-22-24-45-26-29-13-6-3-7-14-29)37(32-19-12-20-33(40)25-32)36(28(2)42-27)39(44)46-23-21-34(30-15-8-4-9-16-30)31-17-10-5-11-18-31/h3-20,25,34,37,42H,21-24,26H2,1-2H3,(H,41,43). The summed E-state index contributed by atoms with van der Waals surface area (Å²) in [5.74, 6) is -1.37. The fourth-order valence-corrected chi connectivity index (χ4v) is 6.12. The molecule has 1 heterocycles. The monoisotopic (exact) mass is 634 g/mol. The summed E-state index contributed by atoms with van der Waals surface area (Å²) in [6.07, 6.45) is 0.604. The first kappa shape index (κ1) is 32.7. The number of halogens is 1. The van der Waals surface area contributed by atoms with Crippen molar-refractivity contribution >= 4 is 23.5 Å². The van der Waals surface area contributed by atoms with Crippen LogP contribution in [0.2, 0.25) is 5.02 Å². The Bertz CT molecular complexity index is 1650. The molecule has 1 amide bonds. The molecule has 0 fully saturated rings. The summed E-state index contributed by atoms with van der Waals surface area (Å²) in [4.78, 5) is 27.6. The lowest BCUT2D eigenvalue weighted by Crippen LogP contribution is -2.37. The van der Waals surface area contributed by atoms with Gasteiger partial charge in [0.1, 0.15) is 0 Å². The summed E-state index contributed by atoms with van der Waals surface area (Å²) in [6.45, 7) is 4.99. The largest absolute Gasteiger partial charge is 0.462 e. The molecule has 0 saturated carbocycles. The van der Waals surface area contributed by atoms with Crippen molar-refractivity contribution in [3.05, 3.63) is 165 Å². The molecule has 0 aliphatic carbocycles. The molecule has 0 spiro atoms. The van der Waals surface area contributed by atoms with E-state index in [1.165, 1.54) is 0 Å². The molecule has 4 aromatic carbocycles. The van der Waals surface area contributed by atoms with Gasteiger partial charge in [0.05, 0.1) is 31.3 Å². The van der Waals surface area contributed by atoms with E-state index in [2.05, 4.69) is 34.9 Å². The molecule has 0 radical (unpaired) electrons. The minimum atomic E-state index is -0.670. The molecule has 7 heteroatoms. The predicted molar refractivity (Wildman–Crippen MR) is 182 cm³/mol. The minimum Gasteiger partial charge on any atom is -0.462 e. The molecule has 0 bridgehead atoms. The van der Waals surface area contributed by atoms with Crippen molar-refractivity contribution in [3.8, 4) is 0 Å². The lowest BCUT2D eigenvalue weighted by Gasteiger charge is -2.31. The molecule has 1 aliphatic rings. The summed E-state index contributed by atoms with van der Waals surface area (Å²) in [5.41, 5.74) is 6.23. The number of dihydropyridines is 1. The van der Waals surface area contributed by atoms with Crippen LogP contribution in [-0.4, -0.2) is 31.6 Å². The maximum Gasteiger partial charge on any atom is 0.336 e. The van der Waals surface area contributed by atoms with E-state index in [9.17, 15) is 9.59 Å². The molecule has 4 aromatic rings. The van der Waals surface area contributed by atoms with E-state index in [0.29, 0.717) is 53.7 Å². The summed E-state index contributed by atoms with van der Waals surface area (Å²) < 4.78 is 11.7. The third-order valence-corrected chi connectivity index (χ3v) is 8.33. The van der Waals surface area contributed by atoms with E-state index >= 15 is 0 Å². The van der Waals surface area contributed by atoms with Gasteiger partial charge in [-0.2, -0.15) is 0 Å². The van der Waals surface area contributed by atoms with E-state index in [4.69, 9.17) is 21.1 Å². The van der Waals surface area contributed by atoms with Crippen LogP contribution in [-0.2, 0) is 25.7 Å². The van der Waals surface area contributed by atoms with E-state index in [0.717, 1.165) is 22.3 Å². The van der Waals surface area contributed by atoms with Gasteiger partial charge in [0, 0.05) is 34.5 Å². The number of allylic oxidation sites excluding steroid dienone is 2. The Labute approximate surface area is 276 Å². The highest BCUT2D eigenvalue weighted by molar-refractivity contribution is 6.30. The normalized spacial score (nSPS) is 14.7. The number of hydrogen-bond acceptors (Lipinski definition) is 5. The molecular weight excluding hydrogens is 596 g/mol. The molecule has 5 rings (SSSR count). The van der Waals surface area contributed by atoms with Crippen LogP contribution in [0.5, 0.6) is 0 Å². The van der Waals surface area contributed by atoms with Crippen molar-refractivity contribution < 1.29 is 19.1 Å². The van der Waals surface area contributed by atoms with Crippen LogP contribution in [0.4, 0.5) is 0 Å². The van der Waals surface area contributed by atoms with Crippen LogP contribution in [0.1, 0.15) is 54.4 Å². The summed E-state index contributed by atoms with van der Waals surface area (Å²) >= 11 is 6.41. The van der Waals surface area contributed by atoms with Crippen molar-refractivity contribution in [2.75, 3.05) is 19.8 Å². The molecule has 1 aliphatic heterocycles. The molecule has 0 saturated heterocycles. The number of ether oxygens (including phenoxy) is 2. The number of esters is 1. The summed E-state index contributed by atoms with van der Waals surface area (Å²) in [6, 6.07) is 37.6. The Morgan fingerprint density at radius 3 is 2.02 bits per heavy atom. The van der Waals surface area contributed by atoms with Crippen molar-refractivity contribution in [2.24, 2.45) is 0 Å². The molecule has 1 unspecified atom stereocenters. The van der Waals surface area contributed by atoms with Gasteiger partial charge in [-0.05, 0) is 54.7 Å². The fourth-order valence-electron chi connectivity index (χ4n) is 5.93. The van der Waals surface area contributed by atoms with Crippen molar-refractivity contribution in [3.63, 3.8) is 0 Å². The van der Waals surface area contributed by atoms with Crippen molar-refractivity contribution in [2.45, 2.75) is 38.7 Å². The lowest BCUT2D eigenvalue weighted by molar-refractivity contribution is -0.139. The van der Waals surface area contributed by atoms with E-state index in [1.54, 1.807) is 12.1 Å². The lowest BCUT2D eigenvalue weighted by atomic mass is 9.80. The van der Waals surface area contributed by atoms with Crippen molar-refractivity contribution in [1.82, 2.24) is 10.6 Å². The summed E-state index contributed by atoms with van der Waals surface area (Å²) in [5, 5.41) is 6.76. The van der Waals surface area contributed by atoms with Crippen LogP contribution in [0, 0.1) is 0 Å². The van der Waals surface area contributed by atoms with Gasteiger partial charge in [0.2, 0.25) is 5.91 Å². The Morgan fingerprint density at radius 1 is 0.783 bits per heavy atom. The molecule has 2 N–H and O–H groups in total. The Balaban J connectivity index is 1.31. The van der Waals surface area contributed by atoms with E-state index < -0.39 is 11.9 Å². The van der Waals surface area contributed by atoms with Crippen LogP contribution in [0.3, 0.4) is 0 Å². The second-order valence-corrected chi connectivity index (χ2v) is 11.7. The van der Waals surface area contributed by atoms with Crippen LogP contribution >= 0.6 is 11.6 Å². The van der Waals surface area contributed by atoms with E-state index in [-0.39, 0.29) is 18.4 Å². The van der Waals surface area contributed by atoms with Gasteiger partial charge in [-0.25, -0.2) is 4.79 Å². The number of carbonyl (C=O) groups is 2. The molecular formula is C39H39ClN2O4. The molecule has 6 nitrogen and oxygen atoms in total. The first-order valence-corrected chi connectivity index (χ1v) is 15.9. The highest BCUT2D eigenvalue weighted by Gasteiger charge is 2.37. The van der Waals surface area contributed by atoms with Crippen LogP contribution in [0.25, 0.3) is 0 Å². The third kappa shape index (κ3) is 8.33. The highest BCUT2D eigenvalue weighted by atomic mass is 35.5. The topological polar surface area (TPSA) is 76.7 Å². The number of hydrogen-bond donors (Lipinski definition) is 2. The zero-order chi connectivity index (χ0) is 32.3. The zero-order valence-corrected chi connectivity index (χ0v) is 26.9. The summed E-state index contributed by atoms with van der Waals surface area (Å²) in [7, 11) is 0. The smallest absolute Gasteiger partial charge is 0.336 e. The Hall–Kier alpha value is -4.65. The number of nitrogens with one attached hydrogen (secondary N) is 2. The molecule has 46 heavy (non-hydrogen) atoms. The quantitative estimate of drug-likeness (QED) is 0.117. The Morgan fingerprint density at radius 2 is 1.39 bits per heavy atom. The minimum absolute atomic E-state index is 0.0612. The number of benzene rings is 4. The maximum atomic E-state index is 13.9. The van der Waals surface area contributed by atoms with Crippen LogP contribution in [0.15, 0.2) is 138 Å². The SMILES string of the molecule is CC1=C(C(=O)NCCOCc2ccccc2)C(c2cccc(Cl)c2)C(C(=O)OCCC(c2ccccc2)c2ccccc2)=C(C)N1. The van der Waals surface area contributed by atoms with E-state index in [1.807, 2.05) is 92.7 Å². The second-order valence-electron chi connectivity index (χ2n) is 11.3. The number of carbonyl (C=O) groups excluding carboxylic acids is 2. The van der Waals surface area contributed by atoms with Gasteiger partial charge in [0.25, 0.3) is 0 Å². The third-order valence-electron chi connectivity index (χ3n) is 8.09. The maximum absolute atomic E-state index is 13.9.